The number of carbonyl (C=O) groups excluding carboxylic acids is 1. The van der Waals surface area contributed by atoms with E-state index in [9.17, 15) is 4.79 Å². The Labute approximate surface area is 154 Å². The summed E-state index contributed by atoms with van der Waals surface area (Å²) in [6.45, 7) is 14.7. The molecule has 0 aromatic heterocycles. The average molecular weight is 320 g/mol. The molecule has 0 N–H and O–H groups in total. The van der Waals surface area contributed by atoms with E-state index in [0.717, 1.165) is 16.7 Å². The molecular weight excluding hydrogens is 294 g/mol. The Morgan fingerprint density at radius 3 is 1.78 bits per heavy atom. The molecule has 0 aliphatic heterocycles. The van der Waals surface area contributed by atoms with Crippen molar-refractivity contribution in [3.8, 4) is 0 Å². The van der Waals surface area contributed by atoms with Gasteiger partial charge in [-0.25, -0.2) is 0 Å². The van der Waals surface area contributed by atoms with Crippen LogP contribution in [0.2, 0.25) is 0 Å². The van der Waals surface area contributed by atoms with Crippen LogP contribution in [0.25, 0.3) is 0 Å². The quantitative estimate of drug-likeness (QED) is 0.607. The van der Waals surface area contributed by atoms with Gasteiger partial charge in [-0.2, -0.15) is 0 Å². The fourth-order valence-electron chi connectivity index (χ4n) is 3.19. The van der Waals surface area contributed by atoms with E-state index in [1.165, 1.54) is 33.1 Å². The van der Waals surface area contributed by atoms with Gasteiger partial charge in [-0.05, 0) is 95.7 Å². The third-order valence-corrected chi connectivity index (χ3v) is 6.01. The van der Waals surface area contributed by atoms with E-state index in [2.05, 4.69) is 59.7 Å². The Morgan fingerprint density at radius 2 is 1.26 bits per heavy atom. The molecule has 0 radical (unpaired) electrons. The van der Waals surface area contributed by atoms with E-state index in [1.807, 2.05) is 6.92 Å². The Morgan fingerprint density at radius 1 is 0.739 bits per heavy atom. The fourth-order valence-corrected chi connectivity index (χ4v) is 4.46. The van der Waals surface area contributed by atoms with Crippen LogP contribution in [0, 0.1) is 48.5 Å². The molecule has 118 valence electrons. The number of hydrogen-bond donors (Lipinski definition) is 0. The van der Waals surface area contributed by atoms with Gasteiger partial charge in [0.05, 0.1) is 0 Å². The van der Waals surface area contributed by atoms with E-state index in [4.69, 9.17) is 0 Å². The molecule has 0 spiro atoms. The molecule has 0 saturated heterocycles. The van der Waals surface area contributed by atoms with Crippen molar-refractivity contribution < 1.29 is 4.79 Å². The van der Waals surface area contributed by atoms with Crippen LogP contribution < -0.4 is 5.30 Å². The van der Waals surface area contributed by atoms with Crippen LogP contribution in [-0.2, 0) is 0 Å². The molecule has 2 rings (SSSR count). The second kappa shape index (κ2) is 7.81. The SMILES string of the molecule is Cc1cc(C)c(PC(=O)c2c(C)cc(C)c(C)c2C)c(C)c1.[LiH]. The van der Waals surface area contributed by atoms with Gasteiger partial charge in [-0.3, -0.25) is 4.79 Å². The molecule has 0 heterocycles. The second-order valence-electron chi connectivity index (χ2n) is 6.36. The summed E-state index contributed by atoms with van der Waals surface area (Å²) in [4.78, 5) is 12.9. The Balaban J connectivity index is 0.00000264. The molecule has 1 atom stereocenters. The summed E-state index contributed by atoms with van der Waals surface area (Å²) in [5, 5.41) is 1.20. The molecule has 0 bridgehead atoms. The molecule has 3 heteroatoms. The molecule has 2 aromatic rings. The Hall–Kier alpha value is -0.863. The standard InChI is InChI=1S/C20H25OP.Li.H/c1-11-8-14(4)19(15(5)9-11)22-20(21)18-13(3)10-12(2)16(6)17(18)7;;/h8-10,22H,1-7H3;;. The van der Waals surface area contributed by atoms with Crippen LogP contribution in [0.4, 0.5) is 0 Å². The van der Waals surface area contributed by atoms with Gasteiger partial charge in [0.15, 0.2) is 5.52 Å². The number of hydrogen-bond acceptors (Lipinski definition) is 1. The molecular formula is C20H26LiOP. The van der Waals surface area contributed by atoms with Crippen molar-refractivity contribution in [3.05, 3.63) is 62.7 Å². The molecule has 0 aliphatic rings. The number of rotatable bonds is 3. The van der Waals surface area contributed by atoms with Gasteiger partial charge in [0.25, 0.3) is 0 Å². The average Bonchev–Trinajstić information content (AvgIpc) is 2.40. The van der Waals surface area contributed by atoms with Crippen LogP contribution in [0.5, 0.6) is 0 Å². The Bertz CT molecular complexity index is 740. The van der Waals surface area contributed by atoms with E-state index >= 15 is 0 Å². The van der Waals surface area contributed by atoms with Crippen LogP contribution in [0.15, 0.2) is 18.2 Å². The third-order valence-electron chi connectivity index (χ3n) is 4.50. The van der Waals surface area contributed by atoms with E-state index in [0.29, 0.717) is 0 Å². The molecule has 0 aliphatic carbocycles. The van der Waals surface area contributed by atoms with Crippen molar-refractivity contribution in [2.75, 3.05) is 0 Å². The molecule has 0 amide bonds. The van der Waals surface area contributed by atoms with Gasteiger partial charge in [-0.15, -0.1) is 0 Å². The summed E-state index contributed by atoms with van der Waals surface area (Å²) in [7, 11) is 0.197. The van der Waals surface area contributed by atoms with Gasteiger partial charge in [0, 0.05) is 5.56 Å². The summed E-state index contributed by atoms with van der Waals surface area (Å²) in [6, 6.07) is 6.47. The minimum absolute atomic E-state index is 0. The summed E-state index contributed by atoms with van der Waals surface area (Å²) in [6.07, 6.45) is 0. The minimum atomic E-state index is 0. The monoisotopic (exact) mass is 320 g/mol. The van der Waals surface area contributed by atoms with Gasteiger partial charge in [0.2, 0.25) is 0 Å². The first-order valence-electron chi connectivity index (χ1n) is 7.69. The molecule has 23 heavy (non-hydrogen) atoms. The first-order chi connectivity index (χ1) is 10.2. The van der Waals surface area contributed by atoms with E-state index in [-0.39, 0.29) is 33.0 Å². The van der Waals surface area contributed by atoms with Crippen molar-refractivity contribution in [2.24, 2.45) is 0 Å². The van der Waals surface area contributed by atoms with Crippen LogP contribution in [0.1, 0.15) is 49.3 Å². The van der Waals surface area contributed by atoms with E-state index in [1.54, 1.807) is 0 Å². The van der Waals surface area contributed by atoms with Crippen LogP contribution in [-0.4, -0.2) is 24.4 Å². The number of benzene rings is 2. The number of aryl methyl sites for hydroxylation is 5. The number of carbonyl (C=O) groups is 1. The summed E-state index contributed by atoms with van der Waals surface area (Å²) < 4.78 is 0. The molecule has 1 nitrogen and oxygen atoms in total. The fraction of sp³-hybridized carbons (Fsp3) is 0.350. The predicted molar refractivity (Wildman–Crippen MR) is 105 cm³/mol. The predicted octanol–water partition coefficient (Wildman–Crippen LogP) is 4.34. The maximum absolute atomic E-state index is 12.9. The normalized spacial score (nSPS) is 10.9. The zero-order valence-corrected chi connectivity index (χ0v) is 15.6. The maximum atomic E-state index is 12.9. The first-order valence-corrected chi connectivity index (χ1v) is 8.69. The van der Waals surface area contributed by atoms with Crippen molar-refractivity contribution in [2.45, 2.75) is 48.5 Å². The molecule has 1 unspecified atom stereocenters. The van der Waals surface area contributed by atoms with Gasteiger partial charge >= 0.3 is 18.9 Å². The second-order valence-corrected chi connectivity index (χ2v) is 7.57. The van der Waals surface area contributed by atoms with E-state index < -0.39 is 0 Å². The molecule has 2 aromatic carbocycles. The third kappa shape index (κ3) is 4.16. The topological polar surface area (TPSA) is 17.1 Å². The van der Waals surface area contributed by atoms with Crippen molar-refractivity contribution >= 4 is 38.3 Å². The van der Waals surface area contributed by atoms with Crippen molar-refractivity contribution in [3.63, 3.8) is 0 Å². The first kappa shape index (κ1) is 20.2. The van der Waals surface area contributed by atoms with Crippen LogP contribution in [0.3, 0.4) is 0 Å². The van der Waals surface area contributed by atoms with Gasteiger partial charge in [0.1, 0.15) is 0 Å². The zero-order chi connectivity index (χ0) is 16.6. The van der Waals surface area contributed by atoms with Crippen LogP contribution >= 0.6 is 8.58 Å². The van der Waals surface area contributed by atoms with Gasteiger partial charge in [-0.1, -0.05) is 23.8 Å². The Kier molecular flexibility index (Phi) is 6.85. The molecule has 0 saturated carbocycles. The summed E-state index contributed by atoms with van der Waals surface area (Å²) >= 11 is 0. The summed E-state index contributed by atoms with van der Waals surface area (Å²) in [5.74, 6) is 0. The van der Waals surface area contributed by atoms with Crippen molar-refractivity contribution in [1.29, 1.82) is 0 Å². The van der Waals surface area contributed by atoms with Crippen molar-refractivity contribution in [1.82, 2.24) is 0 Å². The van der Waals surface area contributed by atoms with Gasteiger partial charge < -0.3 is 0 Å². The molecule has 0 fully saturated rings. The summed E-state index contributed by atoms with van der Waals surface area (Å²) in [5.41, 5.74) is 9.61. The zero-order valence-electron chi connectivity index (χ0n) is 14.6.